The van der Waals surface area contributed by atoms with Crippen molar-refractivity contribution in [3.05, 3.63) is 0 Å². The largest absolute Gasteiger partial charge is 0.349 e. The molecule has 0 bridgehead atoms. The number of hydrogen-bond donors (Lipinski definition) is 0. The highest BCUT2D eigenvalue weighted by Gasteiger charge is 2.53. The Hall–Kier alpha value is -0.0800. The van der Waals surface area contributed by atoms with E-state index in [0.29, 0.717) is 11.8 Å². The van der Waals surface area contributed by atoms with E-state index in [-0.39, 0.29) is 5.79 Å². The van der Waals surface area contributed by atoms with Gasteiger partial charge >= 0.3 is 0 Å². The Kier molecular flexibility index (Phi) is 3.68. The number of hydrogen-bond acceptors (Lipinski definition) is 2. The molecular weight excluding hydrogens is 188 g/mol. The fraction of sp³-hybridized carbons (Fsp3) is 1.00. The van der Waals surface area contributed by atoms with Crippen molar-refractivity contribution in [1.29, 1.82) is 0 Å². The minimum absolute atomic E-state index is 0.175. The van der Waals surface area contributed by atoms with Gasteiger partial charge in [0.25, 0.3) is 0 Å². The molecule has 2 heteroatoms. The van der Waals surface area contributed by atoms with Crippen LogP contribution < -0.4 is 0 Å². The fourth-order valence-electron chi connectivity index (χ4n) is 3.36. The summed E-state index contributed by atoms with van der Waals surface area (Å²) in [7, 11) is 0. The Balaban J connectivity index is 2.08. The maximum absolute atomic E-state index is 6.01. The summed E-state index contributed by atoms with van der Waals surface area (Å²) in [5, 5.41) is 0. The van der Waals surface area contributed by atoms with Crippen molar-refractivity contribution in [2.75, 3.05) is 13.2 Å². The molecule has 2 saturated heterocycles. The Bertz CT molecular complexity index is 181. The summed E-state index contributed by atoms with van der Waals surface area (Å²) in [6.07, 6.45) is 7.43. The molecule has 2 nitrogen and oxygen atoms in total. The van der Waals surface area contributed by atoms with Crippen molar-refractivity contribution in [2.24, 2.45) is 11.8 Å². The van der Waals surface area contributed by atoms with Crippen molar-refractivity contribution < 1.29 is 9.47 Å². The predicted octanol–water partition coefficient (Wildman–Crippen LogP) is 3.36. The summed E-state index contributed by atoms with van der Waals surface area (Å²) in [4.78, 5) is 0. The van der Waals surface area contributed by atoms with Crippen LogP contribution in [0.3, 0.4) is 0 Å². The average Bonchev–Trinajstić information content (AvgIpc) is 2.79. The fourth-order valence-corrected chi connectivity index (χ4v) is 3.36. The molecule has 0 radical (unpaired) electrons. The van der Waals surface area contributed by atoms with Crippen LogP contribution >= 0.6 is 0 Å². The van der Waals surface area contributed by atoms with Crippen molar-refractivity contribution >= 4 is 0 Å². The van der Waals surface area contributed by atoms with Crippen LogP contribution in [-0.2, 0) is 9.47 Å². The second kappa shape index (κ2) is 4.84. The van der Waals surface area contributed by atoms with Crippen LogP contribution in [0, 0.1) is 11.8 Å². The van der Waals surface area contributed by atoms with E-state index in [1.807, 2.05) is 0 Å². The molecule has 0 saturated carbocycles. The monoisotopic (exact) mass is 212 g/mol. The van der Waals surface area contributed by atoms with Crippen LogP contribution in [0.25, 0.3) is 0 Å². The van der Waals surface area contributed by atoms with E-state index in [4.69, 9.17) is 9.47 Å². The summed E-state index contributed by atoms with van der Waals surface area (Å²) in [6.45, 7) is 6.33. The van der Waals surface area contributed by atoms with Crippen LogP contribution in [0.2, 0.25) is 0 Å². The van der Waals surface area contributed by atoms with Crippen LogP contribution in [0.5, 0.6) is 0 Å². The molecule has 1 spiro atoms. The lowest BCUT2D eigenvalue weighted by Crippen LogP contribution is -2.41. The lowest BCUT2D eigenvalue weighted by atomic mass is 9.82. The van der Waals surface area contributed by atoms with Gasteiger partial charge in [0, 0.05) is 11.8 Å². The number of rotatable bonds is 4. The normalized spacial score (nSPS) is 34.0. The molecule has 0 amide bonds. The zero-order valence-electron chi connectivity index (χ0n) is 10.1. The van der Waals surface area contributed by atoms with E-state index in [2.05, 4.69) is 13.8 Å². The first-order chi connectivity index (χ1) is 7.33. The summed E-state index contributed by atoms with van der Waals surface area (Å²) < 4.78 is 12.0. The third-order valence-electron chi connectivity index (χ3n) is 4.00. The Morgan fingerprint density at radius 3 is 1.80 bits per heavy atom. The first-order valence-electron chi connectivity index (χ1n) is 6.61. The molecule has 0 aliphatic carbocycles. The van der Waals surface area contributed by atoms with Crippen molar-refractivity contribution in [3.63, 3.8) is 0 Å². The van der Waals surface area contributed by atoms with E-state index in [1.165, 1.54) is 38.5 Å². The summed E-state index contributed by atoms with van der Waals surface area (Å²) in [6, 6.07) is 0. The predicted molar refractivity (Wildman–Crippen MR) is 60.7 cm³/mol. The van der Waals surface area contributed by atoms with E-state index in [9.17, 15) is 0 Å². The van der Waals surface area contributed by atoms with Crippen molar-refractivity contribution in [1.82, 2.24) is 0 Å². The zero-order chi connectivity index (χ0) is 10.7. The summed E-state index contributed by atoms with van der Waals surface area (Å²) in [5.41, 5.74) is 0. The Morgan fingerprint density at radius 1 is 0.933 bits per heavy atom. The zero-order valence-corrected chi connectivity index (χ0v) is 10.1. The van der Waals surface area contributed by atoms with Gasteiger partial charge in [-0.05, 0) is 25.7 Å². The Morgan fingerprint density at radius 2 is 1.40 bits per heavy atom. The Labute approximate surface area is 93.3 Å². The van der Waals surface area contributed by atoms with Crippen LogP contribution in [0.4, 0.5) is 0 Å². The highest BCUT2D eigenvalue weighted by molar-refractivity contribution is 4.93. The van der Waals surface area contributed by atoms with Crippen LogP contribution in [-0.4, -0.2) is 19.0 Å². The van der Waals surface area contributed by atoms with E-state index < -0.39 is 0 Å². The topological polar surface area (TPSA) is 18.5 Å². The minimum atomic E-state index is -0.175. The summed E-state index contributed by atoms with van der Waals surface area (Å²) in [5.74, 6) is 1.13. The third-order valence-corrected chi connectivity index (χ3v) is 4.00. The standard InChI is InChI=1S/C13H24O2/c1-3-5-11-7-9-14-13(11)12(6-4-2)8-10-15-13/h11-12H,3-10H2,1-2H3/t11-,12-,13?/m0/s1. The molecule has 0 aromatic carbocycles. The van der Waals surface area contributed by atoms with Gasteiger partial charge in [-0.1, -0.05) is 26.7 Å². The second-order valence-electron chi connectivity index (χ2n) is 4.97. The van der Waals surface area contributed by atoms with Crippen molar-refractivity contribution in [3.8, 4) is 0 Å². The quantitative estimate of drug-likeness (QED) is 0.711. The van der Waals surface area contributed by atoms with Gasteiger partial charge in [-0.25, -0.2) is 0 Å². The number of ether oxygens (including phenoxy) is 2. The molecule has 0 aromatic rings. The molecule has 0 N–H and O–H groups in total. The van der Waals surface area contributed by atoms with Gasteiger partial charge in [-0.15, -0.1) is 0 Å². The molecule has 0 unspecified atom stereocenters. The third kappa shape index (κ3) is 1.94. The minimum Gasteiger partial charge on any atom is -0.349 e. The SMILES string of the molecule is CCC[C@H]1CCOC12OCC[C@@H]2CCC. The highest BCUT2D eigenvalue weighted by Crippen LogP contribution is 2.48. The first-order valence-corrected chi connectivity index (χ1v) is 6.61. The van der Waals surface area contributed by atoms with Gasteiger partial charge in [0.1, 0.15) is 0 Å². The van der Waals surface area contributed by atoms with Gasteiger partial charge in [-0.3, -0.25) is 0 Å². The molecule has 2 atom stereocenters. The van der Waals surface area contributed by atoms with E-state index in [0.717, 1.165) is 13.2 Å². The van der Waals surface area contributed by atoms with Gasteiger partial charge in [-0.2, -0.15) is 0 Å². The van der Waals surface area contributed by atoms with Crippen LogP contribution in [0.15, 0.2) is 0 Å². The van der Waals surface area contributed by atoms with Gasteiger partial charge < -0.3 is 9.47 Å². The molecule has 88 valence electrons. The highest BCUT2D eigenvalue weighted by atomic mass is 16.7. The summed E-state index contributed by atoms with van der Waals surface area (Å²) >= 11 is 0. The molecule has 15 heavy (non-hydrogen) atoms. The van der Waals surface area contributed by atoms with E-state index >= 15 is 0 Å². The maximum Gasteiger partial charge on any atom is 0.173 e. The lowest BCUT2D eigenvalue weighted by Gasteiger charge is -2.34. The molecular formula is C13H24O2. The average molecular weight is 212 g/mol. The van der Waals surface area contributed by atoms with Gasteiger partial charge in [0.15, 0.2) is 5.79 Å². The second-order valence-corrected chi connectivity index (χ2v) is 4.97. The lowest BCUT2D eigenvalue weighted by molar-refractivity contribution is -0.226. The molecule has 2 aliphatic heterocycles. The first kappa shape index (κ1) is 11.4. The van der Waals surface area contributed by atoms with Gasteiger partial charge in [0.2, 0.25) is 0 Å². The molecule has 0 aromatic heterocycles. The smallest absolute Gasteiger partial charge is 0.173 e. The molecule has 2 aliphatic rings. The molecule has 2 rings (SSSR count). The van der Waals surface area contributed by atoms with Gasteiger partial charge in [0.05, 0.1) is 13.2 Å². The maximum atomic E-state index is 6.01. The van der Waals surface area contributed by atoms with E-state index in [1.54, 1.807) is 0 Å². The van der Waals surface area contributed by atoms with Crippen LogP contribution in [0.1, 0.15) is 52.4 Å². The molecule has 2 fully saturated rings. The molecule has 2 heterocycles. The van der Waals surface area contributed by atoms with Crippen molar-refractivity contribution in [2.45, 2.75) is 58.2 Å².